The summed E-state index contributed by atoms with van der Waals surface area (Å²) in [6, 6.07) is -0.625. The van der Waals surface area contributed by atoms with Crippen LogP contribution in [0.5, 0.6) is 0 Å². The molecule has 0 radical (unpaired) electrons. The lowest BCUT2D eigenvalue weighted by Gasteiger charge is -2.20. The van der Waals surface area contributed by atoms with E-state index in [-0.39, 0.29) is 18.5 Å². The molecular weight excluding hydrogens is 959 g/mol. The molecule has 0 aliphatic carbocycles. The van der Waals surface area contributed by atoms with Crippen molar-refractivity contribution in [1.29, 1.82) is 0 Å². The molecule has 460 valence electrons. The van der Waals surface area contributed by atoms with Crippen LogP contribution in [0.4, 0.5) is 0 Å². The van der Waals surface area contributed by atoms with Crippen LogP contribution in [0.2, 0.25) is 0 Å². The minimum absolute atomic E-state index is 0.0115. The van der Waals surface area contributed by atoms with Gasteiger partial charge < -0.3 is 20.3 Å². The van der Waals surface area contributed by atoms with Crippen LogP contribution in [0.1, 0.15) is 386 Å². The Morgan fingerprint density at radius 1 is 0.359 bits per heavy atom. The average molecular weight is 1100 g/mol. The molecule has 2 unspecified atom stereocenters. The molecule has 3 N–H and O–H groups in total. The van der Waals surface area contributed by atoms with E-state index in [0.29, 0.717) is 19.4 Å². The number of unbranched alkanes of at least 4 members (excludes halogenated alkanes) is 51. The highest BCUT2D eigenvalue weighted by atomic mass is 16.5. The van der Waals surface area contributed by atoms with Gasteiger partial charge in [-0.15, -0.1) is 0 Å². The van der Waals surface area contributed by atoms with Gasteiger partial charge in [-0.3, -0.25) is 9.59 Å². The van der Waals surface area contributed by atoms with E-state index in [2.05, 4.69) is 43.5 Å². The van der Waals surface area contributed by atoms with Crippen LogP contribution in [0.3, 0.4) is 0 Å². The smallest absolute Gasteiger partial charge is 0.305 e. The maximum Gasteiger partial charge on any atom is 0.305 e. The molecule has 0 saturated carbocycles. The highest BCUT2D eigenvalue weighted by Gasteiger charge is 2.18. The van der Waals surface area contributed by atoms with Gasteiger partial charge in [0, 0.05) is 12.8 Å². The topological polar surface area (TPSA) is 95.9 Å². The molecule has 0 aromatic carbocycles. The number of amides is 1. The molecule has 0 aliphatic rings. The first-order chi connectivity index (χ1) is 38.5. The predicted molar refractivity (Wildman–Crippen MR) is 343 cm³/mol. The highest BCUT2D eigenvalue weighted by Crippen LogP contribution is 2.19. The van der Waals surface area contributed by atoms with Gasteiger partial charge in [0.05, 0.1) is 25.4 Å². The summed E-state index contributed by atoms with van der Waals surface area (Å²) < 4.78 is 5.50. The van der Waals surface area contributed by atoms with Gasteiger partial charge in [-0.05, 0) is 64.2 Å². The molecule has 0 saturated heterocycles. The number of ether oxygens (including phenoxy) is 1. The van der Waals surface area contributed by atoms with Crippen molar-refractivity contribution >= 4 is 11.9 Å². The summed E-state index contributed by atoms with van der Waals surface area (Å²) >= 11 is 0. The zero-order valence-corrected chi connectivity index (χ0v) is 52.7. The third-order valence-corrected chi connectivity index (χ3v) is 16.4. The van der Waals surface area contributed by atoms with Gasteiger partial charge >= 0.3 is 5.97 Å². The van der Waals surface area contributed by atoms with Gasteiger partial charge in [0.2, 0.25) is 5.91 Å². The van der Waals surface area contributed by atoms with E-state index >= 15 is 0 Å². The number of carbonyl (C=O) groups excluding carboxylic acids is 2. The van der Waals surface area contributed by atoms with Gasteiger partial charge in [-0.25, -0.2) is 0 Å². The molecule has 0 aromatic heterocycles. The number of esters is 1. The van der Waals surface area contributed by atoms with Gasteiger partial charge in [-0.2, -0.15) is 0 Å². The zero-order valence-electron chi connectivity index (χ0n) is 52.7. The van der Waals surface area contributed by atoms with Crippen molar-refractivity contribution in [2.24, 2.45) is 0 Å². The van der Waals surface area contributed by atoms with Crippen LogP contribution in [0.15, 0.2) is 36.5 Å². The summed E-state index contributed by atoms with van der Waals surface area (Å²) in [6.07, 6.45) is 86.5. The third kappa shape index (κ3) is 63.3. The van der Waals surface area contributed by atoms with Gasteiger partial charge in [0.25, 0.3) is 0 Å². The molecule has 1 amide bonds. The fourth-order valence-corrected chi connectivity index (χ4v) is 11.0. The Labute approximate surface area is 487 Å². The minimum atomic E-state index is -0.842. The van der Waals surface area contributed by atoms with E-state index in [4.69, 9.17) is 4.74 Å². The van der Waals surface area contributed by atoms with Gasteiger partial charge in [0.15, 0.2) is 0 Å². The summed E-state index contributed by atoms with van der Waals surface area (Å²) in [5, 5.41) is 23.2. The molecule has 0 bridgehead atoms. The minimum Gasteiger partial charge on any atom is -0.466 e. The molecule has 0 fully saturated rings. The Bertz CT molecular complexity index is 1260. The SMILES string of the molecule is CCCCCC/C=C\C/C=C\CCCCCCCCCC(=O)OCCCCCCCCCCCCCCCCCCCCCCCCCCCCCCC(=O)NC(CO)C(O)/C=C/CCCCCCCCCCCCCCC. The molecule has 0 aromatic rings. The average Bonchev–Trinajstić information content (AvgIpc) is 3.44. The van der Waals surface area contributed by atoms with E-state index in [1.807, 2.05) is 6.08 Å². The Morgan fingerprint density at radius 3 is 0.987 bits per heavy atom. The van der Waals surface area contributed by atoms with Crippen LogP contribution in [0.25, 0.3) is 0 Å². The van der Waals surface area contributed by atoms with E-state index in [9.17, 15) is 19.8 Å². The molecule has 0 aliphatic heterocycles. The van der Waals surface area contributed by atoms with E-state index in [1.165, 1.54) is 308 Å². The van der Waals surface area contributed by atoms with Crippen molar-refractivity contribution < 1.29 is 24.5 Å². The van der Waals surface area contributed by atoms with Gasteiger partial charge in [-0.1, -0.05) is 346 Å². The standard InChI is InChI=1S/C72H137NO5/c1-3-5-7-9-11-13-15-17-19-20-34-38-42-46-50-54-58-62-66-72(77)78-67-63-59-55-51-47-43-39-35-32-30-28-26-24-22-21-23-25-27-29-31-33-37-41-45-49-53-57-61-65-71(76)73-69(68-74)70(75)64-60-56-52-48-44-40-36-18-16-14-12-10-8-6-4-2/h13,15,19-20,60,64,69-70,74-75H,3-12,14,16-18,21-59,61-63,65-68H2,1-2H3,(H,73,76)/b15-13-,20-19-,64-60+. The number of aliphatic hydroxyl groups is 2. The number of nitrogens with one attached hydrogen (secondary N) is 1. The van der Waals surface area contributed by atoms with Crippen molar-refractivity contribution in [3.05, 3.63) is 36.5 Å². The fourth-order valence-electron chi connectivity index (χ4n) is 11.0. The molecule has 6 nitrogen and oxygen atoms in total. The molecule has 0 spiro atoms. The van der Waals surface area contributed by atoms with Crippen LogP contribution in [-0.2, 0) is 14.3 Å². The fraction of sp³-hybridized carbons (Fsp3) is 0.889. The maximum atomic E-state index is 12.5. The summed E-state index contributed by atoms with van der Waals surface area (Å²) in [7, 11) is 0. The van der Waals surface area contributed by atoms with Crippen molar-refractivity contribution in [1.82, 2.24) is 5.32 Å². The lowest BCUT2D eigenvalue weighted by molar-refractivity contribution is -0.143. The molecule has 78 heavy (non-hydrogen) atoms. The van der Waals surface area contributed by atoms with Crippen LogP contribution in [-0.4, -0.2) is 47.4 Å². The highest BCUT2D eigenvalue weighted by molar-refractivity contribution is 5.76. The van der Waals surface area contributed by atoms with Crippen molar-refractivity contribution in [3.63, 3.8) is 0 Å². The van der Waals surface area contributed by atoms with E-state index in [1.54, 1.807) is 6.08 Å². The monoisotopic (exact) mass is 1100 g/mol. The first-order valence-corrected chi connectivity index (χ1v) is 35.3. The summed E-state index contributed by atoms with van der Waals surface area (Å²) in [6.45, 7) is 4.91. The molecule has 2 atom stereocenters. The number of carbonyl (C=O) groups is 2. The Balaban J connectivity index is 3.35. The quantitative estimate of drug-likeness (QED) is 0.0320. The first-order valence-electron chi connectivity index (χ1n) is 35.3. The van der Waals surface area contributed by atoms with E-state index < -0.39 is 12.1 Å². The summed E-state index contributed by atoms with van der Waals surface area (Å²) in [5.41, 5.74) is 0. The van der Waals surface area contributed by atoms with Crippen LogP contribution >= 0.6 is 0 Å². The molecule has 0 rings (SSSR count). The number of hydrogen-bond donors (Lipinski definition) is 3. The second-order valence-corrected chi connectivity index (χ2v) is 24.2. The van der Waals surface area contributed by atoms with Crippen molar-refractivity contribution in [3.8, 4) is 0 Å². The second-order valence-electron chi connectivity index (χ2n) is 24.2. The largest absolute Gasteiger partial charge is 0.466 e. The maximum absolute atomic E-state index is 12.5. The Kier molecular flexibility index (Phi) is 65.9. The molecule has 6 heteroatoms. The van der Waals surface area contributed by atoms with Crippen molar-refractivity contribution in [2.45, 2.75) is 398 Å². The lowest BCUT2D eigenvalue weighted by atomic mass is 10.0. The summed E-state index contributed by atoms with van der Waals surface area (Å²) in [4.78, 5) is 24.6. The third-order valence-electron chi connectivity index (χ3n) is 16.4. The Morgan fingerprint density at radius 2 is 0.641 bits per heavy atom. The van der Waals surface area contributed by atoms with E-state index in [0.717, 1.165) is 51.4 Å². The number of rotatable bonds is 66. The molecular formula is C72H137NO5. The molecule has 0 heterocycles. The first kappa shape index (κ1) is 76.1. The number of aliphatic hydroxyl groups excluding tert-OH is 2. The zero-order chi connectivity index (χ0) is 56.4. The number of allylic oxidation sites excluding steroid dienone is 5. The van der Waals surface area contributed by atoms with Gasteiger partial charge in [0.1, 0.15) is 0 Å². The number of hydrogen-bond acceptors (Lipinski definition) is 5. The predicted octanol–water partition coefficient (Wildman–Crippen LogP) is 22.7. The second kappa shape index (κ2) is 67.6. The summed E-state index contributed by atoms with van der Waals surface area (Å²) in [5.74, 6) is -0.0513. The Hall–Kier alpha value is -1.92. The van der Waals surface area contributed by atoms with Crippen LogP contribution < -0.4 is 5.32 Å². The lowest BCUT2D eigenvalue weighted by Crippen LogP contribution is -2.45. The van der Waals surface area contributed by atoms with Crippen LogP contribution in [0, 0.1) is 0 Å². The van der Waals surface area contributed by atoms with Crippen molar-refractivity contribution in [2.75, 3.05) is 13.2 Å². The normalized spacial score (nSPS) is 12.7.